The summed E-state index contributed by atoms with van der Waals surface area (Å²) in [6.07, 6.45) is 1.62. The third-order valence-corrected chi connectivity index (χ3v) is 3.26. The molecule has 0 aliphatic rings. The van der Waals surface area contributed by atoms with E-state index in [0.29, 0.717) is 22.8 Å². The zero-order valence-electron chi connectivity index (χ0n) is 11.8. The molecule has 0 fully saturated rings. The van der Waals surface area contributed by atoms with E-state index in [1.807, 2.05) is 13.0 Å². The number of nitrogens with one attached hydrogen (secondary N) is 1. The maximum Gasteiger partial charge on any atom is 0.173 e. The second kappa shape index (κ2) is 5.70. The molecule has 0 amide bonds. The Balaban J connectivity index is 1.96. The third kappa shape index (κ3) is 2.67. The first-order valence-electron chi connectivity index (χ1n) is 6.65. The van der Waals surface area contributed by atoms with E-state index in [1.54, 1.807) is 30.5 Å². The predicted octanol–water partition coefficient (Wildman–Crippen LogP) is 4.19. The van der Waals surface area contributed by atoms with Crippen LogP contribution in [0.25, 0.3) is 11.3 Å². The van der Waals surface area contributed by atoms with Crippen molar-refractivity contribution in [2.24, 2.45) is 0 Å². The van der Waals surface area contributed by atoms with Crippen molar-refractivity contribution in [1.82, 2.24) is 10.2 Å². The summed E-state index contributed by atoms with van der Waals surface area (Å²) in [6, 6.07) is 13.3. The van der Waals surface area contributed by atoms with E-state index in [4.69, 9.17) is 10.00 Å². The molecule has 0 saturated heterocycles. The molecule has 108 valence electrons. The van der Waals surface area contributed by atoms with Crippen LogP contribution in [0.3, 0.4) is 0 Å². The lowest BCUT2D eigenvalue weighted by atomic mass is 10.1. The van der Waals surface area contributed by atoms with Gasteiger partial charge in [-0.2, -0.15) is 10.4 Å². The smallest absolute Gasteiger partial charge is 0.173 e. The van der Waals surface area contributed by atoms with Crippen molar-refractivity contribution in [2.75, 3.05) is 0 Å². The number of aromatic amines is 1. The Kier molecular flexibility index (Phi) is 3.58. The summed E-state index contributed by atoms with van der Waals surface area (Å²) < 4.78 is 18.9. The number of H-pyrrole nitrogens is 1. The van der Waals surface area contributed by atoms with Gasteiger partial charge in [-0.3, -0.25) is 5.10 Å². The summed E-state index contributed by atoms with van der Waals surface area (Å²) in [5, 5.41) is 15.9. The Hall–Kier alpha value is -3.13. The van der Waals surface area contributed by atoms with E-state index in [-0.39, 0.29) is 5.82 Å². The Bertz CT molecular complexity index is 847. The van der Waals surface area contributed by atoms with E-state index in [2.05, 4.69) is 16.3 Å². The van der Waals surface area contributed by atoms with Gasteiger partial charge in [0.1, 0.15) is 17.3 Å². The maximum absolute atomic E-state index is 13.0. The van der Waals surface area contributed by atoms with Crippen LogP contribution >= 0.6 is 0 Å². The fourth-order valence-corrected chi connectivity index (χ4v) is 2.07. The number of rotatable bonds is 3. The van der Waals surface area contributed by atoms with Crippen molar-refractivity contribution in [3.63, 3.8) is 0 Å². The van der Waals surface area contributed by atoms with Gasteiger partial charge < -0.3 is 4.74 Å². The summed E-state index contributed by atoms with van der Waals surface area (Å²) in [5.41, 5.74) is 2.76. The molecular weight excluding hydrogens is 281 g/mol. The van der Waals surface area contributed by atoms with Crippen molar-refractivity contribution in [2.45, 2.75) is 6.92 Å². The lowest BCUT2D eigenvalue weighted by Gasteiger charge is -2.09. The monoisotopic (exact) mass is 293 g/mol. The molecule has 0 radical (unpaired) electrons. The number of halogens is 1. The zero-order chi connectivity index (χ0) is 15.5. The van der Waals surface area contributed by atoms with E-state index in [1.165, 1.54) is 12.1 Å². The van der Waals surface area contributed by atoms with Crippen molar-refractivity contribution >= 4 is 0 Å². The molecule has 0 aliphatic carbocycles. The minimum Gasteiger partial charge on any atom is -0.453 e. The molecular formula is C17H12FN3O. The highest BCUT2D eigenvalue weighted by Crippen LogP contribution is 2.33. The summed E-state index contributed by atoms with van der Waals surface area (Å²) in [4.78, 5) is 0. The number of ether oxygens (including phenoxy) is 1. The number of aryl methyl sites for hydroxylation is 1. The molecule has 4 nitrogen and oxygen atoms in total. The molecule has 2 aromatic carbocycles. The van der Waals surface area contributed by atoms with Crippen LogP contribution in [0.2, 0.25) is 0 Å². The second-order valence-electron chi connectivity index (χ2n) is 4.80. The first-order chi connectivity index (χ1) is 10.7. The molecule has 0 saturated carbocycles. The molecule has 3 aromatic rings. The van der Waals surface area contributed by atoms with Crippen LogP contribution in [0, 0.1) is 24.1 Å². The second-order valence-corrected chi connectivity index (χ2v) is 4.80. The molecule has 3 rings (SSSR count). The average molecular weight is 293 g/mol. The highest BCUT2D eigenvalue weighted by Gasteiger charge is 2.12. The van der Waals surface area contributed by atoms with Crippen LogP contribution in [0.5, 0.6) is 11.5 Å². The largest absolute Gasteiger partial charge is 0.453 e. The first-order valence-corrected chi connectivity index (χ1v) is 6.65. The third-order valence-electron chi connectivity index (χ3n) is 3.26. The molecule has 0 atom stereocenters. The number of hydrogen-bond donors (Lipinski definition) is 1. The van der Waals surface area contributed by atoms with Gasteiger partial charge in [0.05, 0.1) is 17.8 Å². The molecule has 0 spiro atoms. The Morgan fingerprint density at radius 3 is 2.64 bits per heavy atom. The lowest BCUT2D eigenvalue weighted by Crippen LogP contribution is -1.90. The SMILES string of the molecule is Cc1ccc(C#N)cc1Oc1c[nH]nc1-c1ccc(F)cc1. The number of hydrogen-bond acceptors (Lipinski definition) is 3. The van der Waals surface area contributed by atoms with Gasteiger partial charge >= 0.3 is 0 Å². The van der Waals surface area contributed by atoms with Crippen LogP contribution in [0.4, 0.5) is 4.39 Å². The fourth-order valence-electron chi connectivity index (χ4n) is 2.07. The fraction of sp³-hybridized carbons (Fsp3) is 0.0588. The van der Waals surface area contributed by atoms with Crippen molar-refractivity contribution in [1.29, 1.82) is 5.26 Å². The number of aromatic nitrogens is 2. The van der Waals surface area contributed by atoms with E-state index >= 15 is 0 Å². The van der Waals surface area contributed by atoms with E-state index in [9.17, 15) is 4.39 Å². The van der Waals surface area contributed by atoms with Crippen molar-refractivity contribution < 1.29 is 9.13 Å². The van der Waals surface area contributed by atoms with Gasteiger partial charge in [0.15, 0.2) is 5.75 Å². The minimum absolute atomic E-state index is 0.306. The molecule has 1 N–H and O–H groups in total. The summed E-state index contributed by atoms with van der Waals surface area (Å²) in [7, 11) is 0. The Morgan fingerprint density at radius 1 is 1.14 bits per heavy atom. The van der Waals surface area contributed by atoms with Gasteiger partial charge in [-0.05, 0) is 48.9 Å². The lowest BCUT2D eigenvalue weighted by molar-refractivity contribution is 0.480. The summed E-state index contributed by atoms with van der Waals surface area (Å²) in [5.74, 6) is 0.799. The first kappa shape index (κ1) is 13.8. The maximum atomic E-state index is 13.0. The Morgan fingerprint density at radius 2 is 1.91 bits per heavy atom. The number of benzene rings is 2. The molecule has 0 unspecified atom stereocenters. The highest BCUT2D eigenvalue weighted by molar-refractivity contribution is 5.66. The molecule has 5 heteroatoms. The highest BCUT2D eigenvalue weighted by atomic mass is 19.1. The number of nitrogens with zero attached hydrogens (tertiary/aromatic N) is 2. The average Bonchev–Trinajstić information content (AvgIpc) is 2.98. The summed E-state index contributed by atoms with van der Waals surface area (Å²) >= 11 is 0. The van der Waals surface area contributed by atoms with Crippen LogP contribution in [0.1, 0.15) is 11.1 Å². The summed E-state index contributed by atoms with van der Waals surface area (Å²) in [6.45, 7) is 1.90. The Labute approximate surface area is 126 Å². The van der Waals surface area contributed by atoms with Crippen LogP contribution in [-0.4, -0.2) is 10.2 Å². The molecule has 0 aliphatic heterocycles. The van der Waals surface area contributed by atoms with Gasteiger partial charge in [-0.25, -0.2) is 4.39 Å². The van der Waals surface area contributed by atoms with Gasteiger partial charge in [0.25, 0.3) is 0 Å². The van der Waals surface area contributed by atoms with Crippen LogP contribution < -0.4 is 4.74 Å². The van der Waals surface area contributed by atoms with Crippen LogP contribution in [0.15, 0.2) is 48.7 Å². The van der Waals surface area contributed by atoms with Gasteiger partial charge in [0.2, 0.25) is 0 Å². The molecule has 22 heavy (non-hydrogen) atoms. The van der Waals surface area contributed by atoms with Crippen LogP contribution in [-0.2, 0) is 0 Å². The number of nitriles is 1. The van der Waals surface area contributed by atoms with Gasteiger partial charge in [-0.15, -0.1) is 0 Å². The predicted molar refractivity (Wildman–Crippen MR) is 79.9 cm³/mol. The zero-order valence-corrected chi connectivity index (χ0v) is 11.8. The van der Waals surface area contributed by atoms with E-state index < -0.39 is 0 Å². The van der Waals surface area contributed by atoms with Crippen molar-refractivity contribution in [3.05, 3.63) is 65.6 Å². The normalized spacial score (nSPS) is 10.2. The standard InChI is InChI=1S/C17H12FN3O/c1-11-2-3-12(9-19)8-15(11)22-16-10-20-21-17(16)13-4-6-14(18)7-5-13/h2-8,10H,1H3,(H,20,21). The quantitative estimate of drug-likeness (QED) is 0.787. The van der Waals surface area contributed by atoms with Gasteiger partial charge in [0, 0.05) is 5.56 Å². The molecule has 1 heterocycles. The minimum atomic E-state index is -0.306. The molecule has 0 bridgehead atoms. The van der Waals surface area contributed by atoms with E-state index in [0.717, 1.165) is 11.1 Å². The topological polar surface area (TPSA) is 61.7 Å². The molecule has 1 aromatic heterocycles. The van der Waals surface area contributed by atoms with Gasteiger partial charge in [-0.1, -0.05) is 6.07 Å². The van der Waals surface area contributed by atoms with Crippen molar-refractivity contribution in [3.8, 4) is 28.8 Å².